The molecule has 266 valence electrons. The summed E-state index contributed by atoms with van der Waals surface area (Å²) in [4.78, 5) is 109. The lowest BCUT2D eigenvalue weighted by molar-refractivity contribution is -0.135. The fraction of sp³-hybridized carbons (Fsp3) is 0.182. The Morgan fingerprint density at radius 2 is 0.686 bits per heavy atom. The van der Waals surface area contributed by atoms with Gasteiger partial charge in [-0.1, -0.05) is 0 Å². The maximum Gasteiger partial charge on any atom is 0.335 e. The predicted octanol–water partition coefficient (Wildman–Crippen LogP) is 3.44. The number of amides is 2. The largest absolute Gasteiger partial charge is 0.478 e. The van der Waals surface area contributed by atoms with Crippen LogP contribution in [0, 0.1) is 0 Å². The van der Waals surface area contributed by atoms with E-state index >= 15 is 0 Å². The number of carboxylic acids is 1. The topological polar surface area (TPSA) is 253 Å². The van der Waals surface area contributed by atoms with Crippen LogP contribution in [0.15, 0.2) is 42.5 Å². The molecule has 3 rings (SSSR count). The summed E-state index contributed by atoms with van der Waals surface area (Å²) in [5.74, 6) is -11.5. The van der Waals surface area contributed by atoms with Crippen LogP contribution in [0.2, 0.25) is 0 Å². The summed E-state index contributed by atoms with van der Waals surface area (Å²) < 4.78 is 30.3. The van der Waals surface area contributed by atoms with Crippen LogP contribution in [0.3, 0.4) is 0 Å². The summed E-state index contributed by atoms with van der Waals surface area (Å²) >= 11 is 0. The minimum Gasteiger partial charge on any atom is -0.478 e. The highest BCUT2D eigenvalue weighted by molar-refractivity contribution is 6.08. The Balaban J connectivity index is 2.06. The van der Waals surface area contributed by atoms with Gasteiger partial charge in [-0.2, -0.15) is 0 Å². The average molecular weight is 709 g/mol. The van der Waals surface area contributed by atoms with Crippen LogP contribution < -0.4 is 39.1 Å². The van der Waals surface area contributed by atoms with Crippen molar-refractivity contribution in [2.24, 2.45) is 0 Å². The van der Waals surface area contributed by atoms with Crippen LogP contribution in [0.1, 0.15) is 72.6 Å². The highest BCUT2D eigenvalue weighted by Gasteiger charge is 2.25. The molecule has 0 fully saturated rings. The number of rotatable bonds is 11. The van der Waals surface area contributed by atoms with Gasteiger partial charge in [-0.25, -0.2) is 4.79 Å². The number of anilines is 2. The SMILES string of the molecule is CC(=O)Oc1cc(C(=O)Nc2cc(NC(=O)c3cc(OC(C)=O)c(OC(C)=O)c(OC(C)=O)c3)cc(C(=O)O)c2)cc(OC(C)=O)c1OC(C)=O. The molecule has 0 aliphatic heterocycles. The first-order valence-electron chi connectivity index (χ1n) is 14.3. The first-order chi connectivity index (χ1) is 23.8. The number of carbonyl (C=O) groups is 9. The molecule has 0 saturated heterocycles. The van der Waals surface area contributed by atoms with Gasteiger partial charge in [0.25, 0.3) is 11.8 Å². The lowest BCUT2D eigenvalue weighted by Gasteiger charge is -2.16. The van der Waals surface area contributed by atoms with Crippen LogP contribution >= 0.6 is 0 Å². The molecule has 3 aromatic carbocycles. The van der Waals surface area contributed by atoms with Crippen molar-refractivity contribution in [3.8, 4) is 34.5 Å². The molecule has 0 saturated carbocycles. The lowest BCUT2D eigenvalue weighted by atomic mass is 10.1. The Labute approximate surface area is 287 Å². The molecule has 3 aromatic rings. The molecule has 18 nitrogen and oxygen atoms in total. The van der Waals surface area contributed by atoms with E-state index in [9.17, 15) is 48.3 Å². The summed E-state index contributed by atoms with van der Waals surface area (Å²) in [5, 5.41) is 14.5. The third kappa shape index (κ3) is 11.0. The van der Waals surface area contributed by atoms with E-state index < -0.39 is 93.7 Å². The van der Waals surface area contributed by atoms with E-state index in [0.29, 0.717) is 0 Å². The standard InChI is InChI=1S/C33H28N2O16/c1-14(36)46-25-9-20(10-26(47-15(2)37)29(25)50-18(5)40)31(42)34-23-7-22(33(44)45)8-24(13-23)35-32(43)21-11-27(48-16(3)38)30(51-19(6)41)28(12-21)49-17(4)39/h7-13H,1-6H3,(H,34,42)(H,35,43)(H,44,45). The molecule has 0 unspecified atom stereocenters. The summed E-state index contributed by atoms with van der Waals surface area (Å²) in [6.45, 7) is 6.13. The second-order valence-corrected chi connectivity index (χ2v) is 10.2. The molecule has 0 radical (unpaired) electrons. The zero-order valence-corrected chi connectivity index (χ0v) is 27.6. The predicted molar refractivity (Wildman–Crippen MR) is 170 cm³/mol. The first-order valence-corrected chi connectivity index (χ1v) is 14.3. The van der Waals surface area contributed by atoms with Gasteiger partial charge in [-0.05, 0) is 42.5 Å². The van der Waals surface area contributed by atoms with E-state index in [1.54, 1.807) is 0 Å². The number of carbonyl (C=O) groups excluding carboxylic acids is 8. The molecule has 18 heteroatoms. The van der Waals surface area contributed by atoms with E-state index in [1.165, 1.54) is 0 Å². The van der Waals surface area contributed by atoms with Gasteiger partial charge in [0, 0.05) is 64.0 Å². The van der Waals surface area contributed by atoms with E-state index in [2.05, 4.69) is 10.6 Å². The monoisotopic (exact) mass is 708 g/mol. The highest BCUT2D eigenvalue weighted by atomic mass is 16.6. The van der Waals surface area contributed by atoms with Crippen LogP contribution in [0.5, 0.6) is 34.5 Å². The summed E-state index contributed by atoms with van der Waals surface area (Å²) in [7, 11) is 0. The molecule has 0 atom stereocenters. The fourth-order valence-electron chi connectivity index (χ4n) is 4.13. The van der Waals surface area contributed by atoms with Crippen LogP contribution in [-0.2, 0) is 28.8 Å². The normalized spacial score (nSPS) is 10.2. The molecule has 0 bridgehead atoms. The maximum atomic E-state index is 13.4. The van der Waals surface area contributed by atoms with Crippen molar-refractivity contribution in [2.45, 2.75) is 41.5 Å². The molecule has 3 N–H and O–H groups in total. The third-order valence-corrected chi connectivity index (χ3v) is 5.77. The Kier molecular flexibility index (Phi) is 12.3. The number of aromatic carboxylic acids is 1. The summed E-state index contributed by atoms with van der Waals surface area (Å²) in [5.41, 5.74) is -1.41. The first kappa shape index (κ1) is 38.3. The molecular weight excluding hydrogens is 680 g/mol. The van der Waals surface area contributed by atoms with E-state index in [-0.39, 0.29) is 22.5 Å². The zero-order valence-electron chi connectivity index (χ0n) is 27.6. The molecule has 0 aromatic heterocycles. The van der Waals surface area contributed by atoms with Gasteiger partial charge >= 0.3 is 41.8 Å². The van der Waals surface area contributed by atoms with Crippen molar-refractivity contribution in [2.75, 3.05) is 10.6 Å². The molecule has 2 amide bonds. The minimum atomic E-state index is -1.47. The molecular formula is C33H28N2O16. The van der Waals surface area contributed by atoms with E-state index in [1.807, 2.05) is 0 Å². The number of hydrogen-bond acceptors (Lipinski definition) is 15. The Morgan fingerprint density at radius 1 is 0.412 bits per heavy atom. The van der Waals surface area contributed by atoms with Crippen molar-refractivity contribution in [1.82, 2.24) is 0 Å². The summed E-state index contributed by atoms with van der Waals surface area (Å²) in [6, 6.07) is 7.20. The number of ether oxygens (including phenoxy) is 6. The zero-order chi connectivity index (χ0) is 38.2. The van der Waals surface area contributed by atoms with Crippen molar-refractivity contribution in [3.63, 3.8) is 0 Å². The lowest BCUT2D eigenvalue weighted by Crippen LogP contribution is -2.17. The quantitative estimate of drug-likeness (QED) is 0.190. The molecule has 0 aliphatic carbocycles. The van der Waals surface area contributed by atoms with Crippen molar-refractivity contribution in [1.29, 1.82) is 0 Å². The van der Waals surface area contributed by atoms with E-state index in [4.69, 9.17) is 28.4 Å². The number of carboxylic acid groups (broad SMARTS) is 1. The second kappa shape index (κ2) is 16.3. The molecule has 51 heavy (non-hydrogen) atoms. The van der Waals surface area contributed by atoms with Crippen molar-refractivity contribution < 1.29 is 76.7 Å². The number of esters is 6. The second-order valence-electron chi connectivity index (χ2n) is 10.2. The number of benzene rings is 3. The molecule has 0 heterocycles. The van der Waals surface area contributed by atoms with Crippen molar-refractivity contribution >= 4 is 65.0 Å². The Hall–Kier alpha value is -7.11. The average Bonchev–Trinajstić information content (AvgIpc) is 2.98. The Morgan fingerprint density at radius 3 is 0.922 bits per heavy atom. The van der Waals surface area contributed by atoms with Crippen LogP contribution in [-0.4, -0.2) is 58.7 Å². The van der Waals surface area contributed by atoms with Crippen LogP contribution in [0.4, 0.5) is 11.4 Å². The molecule has 0 aliphatic rings. The van der Waals surface area contributed by atoms with Gasteiger partial charge in [0.2, 0.25) is 11.5 Å². The van der Waals surface area contributed by atoms with Gasteiger partial charge in [0.05, 0.1) is 5.56 Å². The van der Waals surface area contributed by atoms with Gasteiger partial charge in [-0.3, -0.25) is 38.4 Å². The van der Waals surface area contributed by atoms with Gasteiger partial charge in [0.1, 0.15) is 0 Å². The number of nitrogens with one attached hydrogen (secondary N) is 2. The molecule has 0 spiro atoms. The van der Waals surface area contributed by atoms with Crippen molar-refractivity contribution in [3.05, 3.63) is 59.2 Å². The third-order valence-electron chi connectivity index (χ3n) is 5.77. The van der Waals surface area contributed by atoms with Gasteiger partial charge in [0.15, 0.2) is 23.0 Å². The van der Waals surface area contributed by atoms with E-state index in [0.717, 1.165) is 84.0 Å². The highest BCUT2D eigenvalue weighted by Crippen LogP contribution is 2.41. The maximum absolute atomic E-state index is 13.4. The fourth-order valence-corrected chi connectivity index (χ4v) is 4.13. The summed E-state index contributed by atoms with van der Waals surface area (Å²) in [6.07, 6.45) is 0. The Bertz CT molecular complexity index is 1790. The minimum absolute atomic E-state index is 0.186. The smallest absolute Gasteiger partial charge is 0.335 e. The van der Waals surface area contributed by atoms with Gasteiger partial charge in [-0.15, -0.1) is 0 Å². The number of hydrogen-bond donors (Lipinski definition) is 3. The van der Waals surface area contributed by atoms with Crippen LogP contribution in [0.25, 0.3) is 0 Å². The van der Waals surface area contributed by atoms with Gasteiger partial charge < -0.3 is 44.2 Å².